The smallest absolute Gasteiger partial charge is 0.228 e. The van der Waals surface area contributed by atoms with Gasteiger partial charge in [0.05, 0.1) is 12.0 Å². The van der Waals surface area contributed by atoms with Crippen LogP contribution in [0.3, 0.4) is 0 Å². The van der Waals surface area contributed by atoms with E-state index in [4.69, 9.17) is 0 Å². The zero-order valence-corrected chi connectivity index (χ0v) is 13.4. The van der Waals surface area contributed by atoms with Crippen LogP contribution in [0.5, 0.6) is 0 Å². The van der Waals surface area contributed by atoms with E-state index in [2.05, 4.69) is 5.32 Å². The second-order valence-corrected chi connectivity index (χ2v) is 5.66. The Labute approximate surface area is 135 Å². The maximum absolute atomic E-state index is 13.3. The van der Waals surface area contributed by atoms with Crippen molar-refractivity contribution in [3.05, 3.63) is 71.3 Å². The highest BCUT2D eigenvalue weighted by Gasteiger charge is 2.21. The Morgan fingerprint density at radius 2 is 1.74 bits per heavy atom. The minimum atomic E-state index is -0.906. The molecule has 1 amide bonds. The minimum absolute atomic E-state index is 0.102. The number of nitrogens with one attached hydrogen (secondary N) is 1. The predicted octanol–water partition coefficient (Wildman–Crippen LogP) is 4.73. The standard InChI is InChI=1S/C19H21F2NO/c1-3-7-16(14-8-5-4-6-9-14)19(23)22-13(2)15-10-11-17(20)18(21)12-15/h4-6,8-13,16H,3,7H2,1-2H3,(H,22,23)/t13-,16+/m1/s1. The normalized spacial score (nSPS) is 13.4. The summed E-state index contributed by atoms with van der Waals surface area (Å²) in [4.78, 5) is 12.6. The van der Waals surface area contributed by atoms with E-state index in [1.54, 1.807) is 6.92 Å². The lowest BCUT2D eigenvalue weighted by molar-refractivity contribution is -0.123. The van der Waals surface area contributed by atoms with E-state index in [-0.39, 0.29) is 17.9 Å². The topological polar surface area (TPSA) is 29.1 Å². The van der Waals surface area contributed by atoms with Crippen LogP contribution < -0.4 is 5.32 Å². The van der Waals surface area contributed by atoms with Crippen molar-refractivity contribution in [1.29, 1.82) is 0 Å². The van der Waals surface area contributed by atoms with Gasteiger partial charge in [-0.15, -0.1) is 0 Å². The lowest BCUT2D eigenvalue weighted by atomic mass is 9.93. The Kier molecular flexibility index (Phi) is 5.85. The van der Waals surface area contributed by atoms with Crippen molar-refractivity contribution in [2.45, 2.75) is 38.6 Å². The van der Waals surface area contributed by atoms with Gasteiger partial charge in [0.2, 0.25) is 5.91 Å². The number of carbonyl (C=O) groups is 1. The summed E-state index contributed by atoms with van der Waals surface area (Å²) in [6.07, 6.45) is 1.62. The van der Waals surface area contributed by atoms with Gasteiger partial charge < -0.3 is 5.32 Å². The Bertz CT molecular complexity index is 658. The third-order valence-electron chi connectivity index (χ3n) is 3.90. The highest BCUT2D eigenvalue weighted by atomic mass is 19.2. The molecule has 23 heavy (non-hydrogen) atoms. The largest absolute Gasteiger partial charge is 0.349 e. The number of hydrogen-bond donors (Lipinski definition) is 1. The maximum Gasteiger partial charge on any atom is 0.228 e. The Morgan fingerprint density at radius 3 is 2.35 bits per heavy atom. The molecule has 2 nitrogen and oxygen atoms in total. The van der Waals surface area contributed by atoms with Crippen molar-refractivity contribution >= 4 is 5.91 Å². The summed E-state index contributed by atoms with van der Waals surface area (Å²) in [6.45, 7) is 3.79. The molecule has 4 heteroatoms. The van der Waals surface area contributed by atoms with Crippen LogP contribution >= 0.6 is 0 Å². The van der Waals surface area contributed by atoms with Crippen LogP contribution in [0.2, 0.25) is 0 Å². The predicted molar refractivity (Wildman–Crippen MR) is 87.0 cm³/mol. The van der Waals surface area contributed by atoms with Gasteiger partial charge >= 0.3 is 0 Å². The van der Waals surface area contributed by atoms with Crippen LogP contribution in [0, 0.1) is 11.6 Å². The molecule has 0 heterocycles. The van der Waals surface area contributed by atoms with Gasteiger partial charge in [0.25, 0.3) is 0 Å². The van der Waals surface area contributed by atoms with E-state index in [0.29, 0.717) is 5.56 Å². The highest BCUT2D eigenvalue weighted by molar-refractivity contribution is 5.84. The molecule has 0 bridgehead atoms. The molecule has 2 atom stereocenters. The van der Waals surface area contributed by atoms with E-state index in [9.17, 15) is 13.6 Å². The molecule has 0 unspecified atom stereocenters. The molecule has 2 aromatic rings. The summed E-state index contributed by atoms with van der Waals surface area (Å²) in [5, 5.41) is 2.90. The van der Waals surface area contributed by atoms with Gasteiger partial charge in [-0.05, 0) is 36.6 Å². The number of benzene rings is 2. The summed E-state index contributed by atoms with van der Waals surface area (Å²) in [5.41, 5.74) is 1.50. The minimum Gasteiger partial charge on any atom is -0.349 e. The van der Waals surface area contributed by atoms with E-state index in [1.807, 2.05) is 37.3 Å². The van der Waals surface area contributed by atoms with Gasteiger partial charge in [-0.25, -0.2) is 8.78 Å². The third kappa shape index (κ3) is 4.38. The fourth-order valence-corrected chi connectivity index (χ4v) is 2.60. The second-order valence-electron chi connectivity index (χ2n) is 5.66. The van der Waals surface area contributed by atoms with E-state index in [1.165, 1.54) is 6.07 Å². The molecule has 0 fully saturated rings. The average molecular weight is 317 g/mol. The average Bonchev–Trinajstić information content (AvgIpc) is 2.55. The molecule has 0 aliphatic rings. The molecular weight excluding hydrogens is 296 g/mol. The Morgan fingerprint density at radius 1 is 1.04 bits per heavy atom. The Balaban J connectivity index is 2.13. The fraction of sp³-hybridized carbons (Fsp3) is 0.316. The molecule has 0 radical (unpaired) electrons. The first-order valence-electron chi connectivity index (χ1n) is 7.83. The molecule has 0 aliphatic heterocycles. The zero-order valence-electron chi connectivity index (χ0n) is 13.4. The quantitative estimate of drug-likeness (QED) is 0.820. The van der Waals surface area contributed by atoms with Crippen LogP contribution in [0.1, 0.15) is 49.8 Å². The molecule has 0 aliphatic carbocycles. The summed E-state index contributed by atoms with van der Waals surface area (Å²) >= 11 is 0. The van der Waals surface area contributed by atoms with Crippen molar-refractivity contribution in [1.82, 2.24) is 5.32 Å². The van der Waals surface area contributed by atoms with Gasteiger partial charge in [0.1, 0.15) is 0 Å². The maximum atomic E-state index is 13.3. The first-order chi connectivity index (χ1) is 11.0. The van der Waals surface area contributed by atoms with Crippen molar-refractivity contribution in [2.75, 3.05) is 0 Å². The van der Waals surface area contributed by atoms with Crippen LogP contribution in [0.4, 0.5) is 8.78 Å². The molecule has 0 spiro atoms. The number of hydrogen-bond acceptors (Lipinski definition) is 1. The first kappa shape index (κ1) is 17.1. The molecule has 122 valence electrons. The number of rotatable bonds is 6. The molecule has 0 aromatic heterocycles. The lowest BCUT2D eigenvalue weighted by Crippen LogP contribution is -2.31. The van der Waals surface area contributed by atoms with Crippen LogP contribution in [-0.2, 0) is 4.79 Å². The first-order valence-corrected chi connectivity index (χ1v) is 7.83. The zero-order chi connectivity index (χ0) is 16.8. The van der Waals surface area contributed by atoms with Crippen molar-refractivity contribution in [2.24, 2.45) is 0 Å². The van der Waals surface area contributed by atoms with Crippen molar-refractivity contribution < 1.29 is 13.6 Å². The number of amides is 1. The molecule has 0 saturated heterocycles. The van der Waals surface area contributed by atoms with Gasteiger partial charge in [0.15, 0.2) is 11.6 Å². The summed E-state index contributed by atoms with van der Waals surface area (Å²) in [5.74, 6) is -2.14. The monoisotopic (exact) mass is 317 g/mol. The van der Waals surface area contributed by atoms with Gasteiger partial charge in [0, 0.05) is 0 Å². The van der Waals surface area contributed by atoms with Crippen molar-refractivity contribution in [3.8, 4) is 0 Å². The van der Waals surface area contributed by atoms with E-state index < -0.39 is 11.6 Å². The number of carbonyl (C=O) groups excluding carboxylic acids is 1. The van der Waals surface area contributed by atoms with E-state index in [0.717, 1.165) is 30.5 Å². The van der Waals surface area contributed by atoms with Gasteiger partial charge in [-0.1, -0.05) is 49.7 Å². The lowest BCUT2D eigenvalue weighted by Gasteiger charge is -2.21. The summed E-state index contributed by atoms with van der Waals surface area (Å²) in [6, 6.07) is 12.9. The van der Waals surface area contributed by atoms with Crippen LogP contribution in [-0.4, -0.2) is 5.91 Å². The van der Waals surface area contributed by atoms with E-state index >= 15 is 0 Å². The molecular formula is C19H21F2NO. The molecule has 2 rings (SSSR count). The SMILES string of the molecule is CCC[C@H](C(=O)N[C@H](C)c1ccc(F)c(F)c1)c1ccccc1. The van der Waals surface area contributed by atoms with Crippen LogP contribution in [0.25, 0.3) is 0 Å². The van der Waals surface area contributed by atoms with Crippen LogP contribution in [0.15, 0.2) is 48.5 Å². The highest BCUT2D eigenvalue weighted by Crippen LogP contribution is 2.23. The Hall–Kier alpha value is -2.23. The second kappa shape index (κ2) is 7.86. The number of halogens is 2. The summed E-state index contributed by atoms with van der Waals surface area (Å²) in [7, 11) is 0. The fourth-order valence-electron chi connectivity index (χ4n) is 2.60. The molecule has 2 aromatic carbocycles. The van der Waals surface area contributed by atoms with Gasteiger partial charge in [-0.2, -0.15) is 0 Å². The molecule has 1 N–H and O–H groups in total. The summed E-state index contributed by atoms with van der Waals surface area (Å²) < 4.78 is 26.3. The van der Waals surface area contributed by atoms with Gasteiger partial charge in [-0.3, -0.25) is 4.79 Å². The molecule has 0 saturated carbocycles. The van der Waals surface area contributed by atoms with Crippen molar-refractivity contribution in [3.63, 3.8) is 0 Å². The third-order valence-corrected chi connectivity index (χ3v) is 3.90.